The van der Waals surface area contributed by atoms with E-state index in [-0.39, 0.29) is 11.6 Å². The fourth-order valence-corrected chi connectivity index (χ4v) is 3.98. The van der Waals surface area contributed by atoms with Crippen LogP contribution >= 0.6 is 0 Å². The number of amides is 1. The van der Waals surface area contributed by atoms with Crippen LogP contribution in [0.15, 0.2) is 61.2 Å². The van der Waals surface area contributed by atoms with Crippen LogP contribution in [0.25, 0.3) is 5.69 Å². The minimum Gasteiger partial charge on any atom is -0.336 e. The molecule has 32 heavy (non-hydrogen) atoms. The molecule has 8 nitrogen and oxygen atoms in total. The molecule has 1 aromatic heterocycles. The van der Waals surface area contributed by atoms with Crippen LogP contribution in [0.1, 0.15) is 41.3 Å². The minimum atomic E-state index is -0.464. The third-order valence-corrected chi connectivity index (χ3v) is 5.91. The highest BCUT2D eigenvalue weighted by Gasteiger charge is 2.25. The van der Waals surface area contributed by atoms with Gasteiger partial charge in [0.15, 0.2) is 0 Å². The predicted octanol–water partition coefficient (Wildman–Crippen LogP) is 3.86. The van der Waals surface area contributed by atoms with Crippen LogP contribution in [-0.4, -0.2) is 56.4 Å². The Kier molecular flexibility index (Phi) is 6.32. The minimum absolute atomic E-state index is 0.114. The Labute approximate surface area is 187 Å². The number of nitrogens with zero attached hydrogens (tertiary/aromatic N) is 5. The molecule has 0 bridgehead atoms. The van der Waals surface area contributed by atoms with Crippen molar-refractivity contribution in [3.63, 3.8) is 0 Å². The molecule has 0 unspecified atom stereocenters. The fourth-order valence-electron chi connectivity index (χ4n) is 3.98. The van der Waals surface area contributed by atoms with Crippen molar-refractivity contribution in [2.45, 2.75) is 26.3 Å². The molecule has 0 atom stereocenters. The van der Waals surface area contributed by atoms with Gasteiger partial charge in [-0.05, 0) is 29.2 Å². The molecule has 166 valence electrons. The zero-order valence-corrected chi connectivity index (χ0v) is 18.3. The summed E-state index contributed by atoms with van der Waals surface area (Å²) in [6.07, 6.45) is 4.69. The van der Waals surface area contributed by atoms with Gasteiger partial charge in [0.25, 0.3) is 11.6 Å². The van der Waals surface area contributed by atoms with Crippen molar-refractivity contribution in [3.8, 4) is 5.69 Å². The number of benzene rings is 2. The first-order valence-corrected chi connectivity index (χ1v) is 10.8. The average Bonchev–Trinajstić information content (AvgIpc) is 3.34. The second-order valence-electron chi connectivity index (χ2n) is 8.40. The predicted molar refractivity (Wildman–Crippen MR) is 122 cm³/mol. The van der Waals surface area contributed by atoms with Gasteiger partial charge < -0.3 is 9.47 Å². The molecule has 0 spiro atoms. The van der Waals surface area contributed by atoms with Gasteiger partial charge >= 0.3 is 0 Å². The number of rotatable bonds is 6. The summed E-state index contributed by atoms with van der Waals surface area (Å²) in [5, 5.41) is 11.6. The number of nitro groups is 1. The van der Waals surface area contributed by atoms with E-state index in [0.29, 0.717) is 30.3 Å². The lowest BCUT2D eigenvalue weighted by molar-refractivity contribution is -0.384. The summed E-state index contributed by atoms with van der Waals surface area (Å²) in [6.45, 7) is 7.96. The topological polar surface area (TPSA) is 84.5 Å². The molecule has 2 heterocycles. The van der Waals surface area contributed by atoms with E-state index in [1.807, 2.05) is 0 Å². The van der Waals surface area contributed by atoms with E-state index in [2.05, 4.69) is 48.0 Å². The summed E-state index contributed by atoms with van der Waals surface area (Å²) in [5.74, 6) is 0.342. The van der Waals surface area contributed by atoms with Crippen LogP contribution in [-0.2, 0) is 6.54 Å². The Morgan fingerprint density at radius 1 is 1.09 bits per heavy atom. The molecule has 2 aromatic carbocycles. The molecule has 1 aliphatic rings. The molecular formula is C24H27N5O3. The van der Waals surface area contributed by atoms with Gasteiger partial charge in [0.2, 0.25) is 0 Å². The van der Waals surface area contributed by atoms with E-state index in [4.69, 9.17) is 0 Å². The number of carbonyl (C=O) groups excluding carboxylic acids is 1. The molecule has 0 N–H and O–H groups in total. The SMILES string of the molecule is CC(C)c1ccc(CN2CCN(C(=O)c3ccc(-n4ccnc4)c([N+](=O)[O-])c3)CC2)cc1. The Bertz CT molecular complexity index is 1090. The summed E-state index contributed by atoms with van der Waals surface area (Å²) in [7, 11) is 0. The van der Waals surface area contributed by atoms with E-state index >= 15 is 0 Å². The first-order valence-electron chi connectivity index (χ1n) is 10.8. The maximum atomic E-state index is 13.0. The maximum Gasteiger partial charge on any atom is 0.294 e. The van der Waals surface area contributed by atoms with Gasteiger partial charge in [0.05, 0.1) is 11.3 Å². The molecule has 1 amide bonds. The second-order valence-corrected chi connectivity index (χ2v) is 8.40. The van der Waals surface area contributed by atoms with E-state index in [0.717, 1.165) is 19.6 Å². The van der Waals surface area contributed by atoms with Crippen molar-refractivity contribution in [1.29, 1.82) is 0 Å². The van der Waals surface area contributed by atoms with Gasteiger partial charge in [-0.1, -0.05) is 38.1 Å². The quantitative estimate of drug-likeness (QED) is 0.435. The lowest BCUT2D eigenvalue weighted by Crippen LogP contribution is -2.48. The summed E-state index contributed by atoms with van der Waals surface area (Å²) < 4.78 is 1.57. The van der Waals surface area contributed by atoms with Crippen molar-refractivity contribution in [3.05, 3.63) is 88.0 Å². The van der Waals surface area contributed by atoms with Crippen molar-refractivity contribution in [1.82, 2.24) is 19.4 Å². The van der Waals surface area contributed by atoms with E-state index < -0.39 is 4.92 Å². The summed E-state index contributed by atoms with van der Waals surface area (Å²) in [5.41, 5.74) is 3.20. The van der Waals surface area contributed by atoms with Crippen LogP contribution in [0.2, 0.25) is 0 Å². The summed E-state index contributed by atoms with van der Waals surface area (Å²) >= 11 is 0. The molecule has 0 radical (unpaired) electrons. The standard InChI is InChI=1S/C24H27N5O3/c1-18(2)20-5-3-19(4-6-20)16-26-11-13-27(14-12-26)24(30)21-7-8-22(23(15-21)29(31)32)28-10-9-25-17-28/h3-10,15,17-18H,11-14,16H2,1-2H3. The Morgan fingerprint density at radius 3 is 2.41 bits per heavy atom. The highest BCUT2D eigenvalue weighted by Crippen LogP contribution is 2.25. The van der Waals surface area contributed by atoms with E-state index in [1.54, 1.807) is 34.0 Å². The molecule has 3 aromatic rings. The van der Waals surface area contributed by atoms with Crippen LogP contribution < -0.4 is 0 Å². The van der Waals surface area contributed by atoms with Gasteiger partial charge in [-0.3, -0.25) is 19.8 Å². The smallest absolute Gasteiger partial charge is 0.294 e. The van der Waals surface area contributed by atoms with Gasteiger partial charge in [0.1, 0.15) is 5.69 Å². The highest BCUT2D eigenvalue weighted by molar-refractivity contribution is 5.95. The van der Waals surface area contributed by atoms with Gasteiger partial charge in [-0.15, -0.1) is 0 Å². The van der Waals surface area contributed by atoms with Crippen LogP contribution in [0.4, 0.5) is 5.69 Å². The molecule has 0 saturated carbocycles. The van der Waals surface area contributed by atoms with Crippen molar-refractivity contribution >= 4 is 11.6 Å². The molecule has 8 heteroatoms. The molecule has 1 fully saturated rings. The Morgan fingerprint density at radius 2 is 1.81 bits per heavy atom. The summed E-state index contributed by atoms with van der Waals surface area (Å²) in [4.78, 5) is 32.2. The van der Waals surface area contributed by atoms with Crippen LogP contribution in [0.5, 0.6) is 0 Å². The van der Waals surface area contributed by atoms with Crippen LogP contribution in [0.3, 0.4) is 0 Å². The fraction of sp³-hybridized carbons (Fsp3) is 0.333. The first kappa shape index (κ1) is 21.7. The molecule has 1 aliphatic heterocycles. The average molecular weight is 434 g/mol. The summed E-state index contributed by atoms with van der Waals surface area (Å²) in [6, 6.07) is 13.3. The number of hydrogen-bond donors (Lipinski definition) is 0. The number of hydrogen-bond acceptors (Lipinski definition) is 5. The highest BCUT2D eigenvalue weighted by atomic mass is 16.6. The van der Waals surface area contributed by atoms with E-state index in [1.165, 1.54) is 23.5 Å². The maximum absolute atomic E-state index is 13.0. The lowest BCUT2D eigenvalue weighted by atomic mass is 10.0. The largest absolute Gasteiger partial charge is 0.336 e. The third-order valence-electron chi connectivity index (χ3n) is 5.91. The van der Waals surface area contributed by atoms with Gasteiger partial charge in [-0.25, -0.2) is 4.98 Å². The first-order chi connectivity index (χ1) is 15.4. The number of piperazine rings is 1. The van der Waals surface area contributed by atoms with E-state index in [9.17, 15) is 14.9 Å². The monoisotopic (exact) mass is 433 g/mol. The van der Waals surface area contributed by atoms with Crippen molar-refractivity contribution < 1.29 is 9.72 Å². The normalized spacial score (nSPS) is 14.7. The molecule has 0 aliphatic carbocycles. The van der Waals surface area contributed by atoms with Gasteiger partial charge in [-0.2, -0.15) is 0 Å². The Hall–Kier alpha value is -3.52. The number of imidazole rings is 1. The number of carbonyl (C=O) groups is 1. The molecule has 1 saturated heterocycles. The number of aromatic nitrogens is 2. The van der Waals surface area contributed by atoms with Crippen molar-refractivity contribution in [2.75, 3.05) is 26.2 Å². The van der Waals surface area contributed by atoms with Gasteiger partial charge in [0, 0.05) is 56.7 Å². The van der Waals surface area contributed by atoms with Crippen LogP contribution in [0, 0.1) is 10.1 Å². The third kappa shape index (κ3) is 4.70. The Balaban J connectivity index is 1.40. The zero-order chi connectivity index (χ0) is 22.7. The van der Waals surface area contributed by atoms with Crippen molar-refractivity contribution in [2.24, 2.45) is 0 Å². The lowest BCUT2D eigenvalue weighted by Gasteiger charge is -2.34. The molecule has 4 rings (SSSR count). The number of nitro benzene ring substituents is 1. The zero-order valence-electron chi connectivity index (χ0n) is 18.3. The second kappa shape index (κ2) is 9.32. The molecular weight excluding hydrogens is 406 g/mol.